The third-order valence-corrected chi connectivity index (χ3v) is 12.8. The maximum absolute atomic E-state index is 2.56. The molecule has 4 aromatic heterocycles. The Kier molecular flexibility index (Phi) is 4.97. The van der Waals surface area contributed by atoms with Crippen LogP contribution in [0.5, 0.6) is 0 Å². The number of pyridine rings is 1. The Labute approximate surface area is 292 Å². The quantitative estimate of drug-likeness (QED) is 0.175. The molecule has 7 aromatic carbocycles. The molecule has 0 fully saturated rings. The van der Waals surface area contributed by atoms with Gasteiger partial charge in [0.25, 0.3) is 0 Å². The summed E-state index contributed by atoms with van der Waals surface area (Å²) in [4.78, 5) is 2.62. The molecule has 0 saturated carbocycles. The van der Waals surface area contributed by atoms with Gasteiger partial charge in [-0.2, -0.15) is 0 Å². The first-order valence-corrected chi connectivity index (χ1v) is 18.3. The molecule has 0 amide bonds. The molecule has 0 N–H and O–H groups in total. The third-order valence-electron chi connectivity index (χ3n) is 11.7. The van der Waals surface area contributed by atoms with E-state index in [1.165, 1.54) is 108 Å². The molecule has 0 atom stereocenters. The van der Waals surface area contributed by atoms with Gasteiger partial charge in [0.2, 0.25) is 0 Å². The van der Waals surface area contributed by atoms with Crippen molar-refractivity contribution in [3.05, 3.63) is 157 Å². The summed E-state index contributed by atoms with van der Waals surface area (Å²) in [7, 11) is 0. The summed E-state index contributed by atoms with van der Waals surface area (Å²) in [6.07, 6.45) is 0. The minimum Gasteiger partial charge on any atom is -0.309 e. The Balaban J connectivity index is 1.14. The summed E-state index contributed by atoms with van der Waals surface area (Å²) in [5.74, 6) is 0. The highest BCUT2D eigenvalue weighted by atomic mass is 32.1. The van der Waals surface area contributed by atoms with Gasteiger partial charge < -0.3 is 4.57 Å². The van der Waals surface area contributed by atoms with Gasteiger partial charge in [-0.1, -0.05) is 117 Å². The number of thiophene rings is 1. The fraction of sp³-hybridized carbons (Fsp3) is 0.0638. The number of benzene rings is 7. The molecule has 0 radical (unpaired) electrons. The molecule has 11 aromatic rings. The van der Waals surface area contributed by atoms with E-state index in [2.05, 4.69) is 168 Å². The van der Waals surface area contributed by atoms with Crippen LogP contribution in [0.3, 0.4) is 0 Å². The molecule has 2 nitrogen and oxygen atoms in total. The van der Waals surface area contributed by atoms with E-state index in [4.69, 9.17) is 0 Å². The molecular formula is C47H30N2S. The van der Waals surface area contributed by atoms with Gasteiger partial charge in [-0.25, -0.2) is 0 Å². The van der Waals surface area contributed by atoms with Crippen molar-refractivity contribution in [2.24, 2.45) is 0 Å². The van der Waals surface area contributed by atoms with Gasteiger partial charge in [0.15, 0.2) is 0 Å². The summed E-state index contributed by atoms with van der Waals surface area (Å²) in [5, 5.41) is 10.5. The molecule has 234 valence electrons. The van der Waals surface area contributed by atoms with E-state index in [1.54, 1.807) is 0 Å². The lowest BCUT2D eigenvalue weighted by molar-refractivity contribution is 0.660. The van der Waals surface area contributed by atoms with E-state index in [9.17, 15) is 0 Å². The van der Waals surface area contributed by atoms with Gasteiger partial charge in [0.1, 0.15) is 4.83 Å². The van der Waals surface area contributed by atoms with Crippen LogP contribution in [0.1, 0.15) is 25.0 Å². The fourth-order valence-corrected chi connectivity index (χ4v) is 10.6. The van der Waals surface area contributed by atoms with E-state index in [0.717, 1.165) is 0 Å². The molecule has 0 saturated heterocycles. The molecule has 4 heterocycles. The van der Waals surface area contributed by atoms with Crippen molar-refractivity contribution in [2.75, 3.05) is 0 Å². The van der Waals surface area contributed by atoms with Crippen molar-refractivity contribution < 1.29 is 0 Å². The predicted molar refractivity (Wildman–Crippen MR) is 214 cm³/mol. The van der Waals surface area contributed by atoms with Crippen LogP contribution >= 0.6 is 11.3 Å². The molecule has 50 heavy (non-hydrogen) atoms. The monoisotopic (exact) mass is 654 g/mol. The normalized spacial score (nSPS) is 14.0. The lowest BCUT2D eigenvalue weighted by Crippen LogP contribution is -2.14. The van der Waals surface area contributed by atoms with Gasteiger partial charge in [-0.15, -0.1) is 11.3 Å². The number of hydrogen-bond acceptors (Lipinski definition) is 1. The number of hydrogen-bond donors (Lipinski definition) is 0. The molecule has 1 aliphatic carbocycles. The standard InChI is InChI=1S/C47H30N2S/c1-47(2)38-15-6-3-11-30(38)31-21-19-28(24-39(31)47)43-26-37-34-14-9-10-27-18-22-35-36-25-29(20-23-42(36)49(46(37)50-43)45(35)44(27)34)48-40-16-7-4-12-32(40)33-13-5-8-17-41(33)48/h3-26H,1-2H3. The summed E-state index contributed by atoms with van der Waals surface area (Å²) in [5.41, 5.74) is 13.1. The summed E-state index contributed by atoms with van der Waals surface area (Å²) in [6, 6.07) is 54.6. The van der Waals surface area contributed by atoms with Crippen LogP contribution < -0.4 is 0 Å². The number of para-hydroxylation sites is 2. The van der Waals surface area contributed by atoms with Gasteiger partial charge in [-0.05, 0) is 81.1 Å². The largest absolute Gasteiger partial charge is 0.309 e. The topological polar surface area (TPSA) is 9.34 Å². The Hall–Kier alpha value is -5.90. The van der Waals surface area contributed by atoms with E-state index in [0.29, 0.717) is 0 Å². The molecule has 0 unspecified atom stereocenters. The molecule has 3 heteroatoms. The average molecular weight is 655 g/mol. The summed E-state index contributed by atoms with van der Waals surface area (Å²) in [6.45, 7) is 4.74. The van der Waals surface area contributed by atoms with E-state index in [1.807, 2.05) is 11.3 Å². The highest BCUT2D eigenvalue weighted by Crippen LogP contribution is 2.51. The molecule has 1 aliphatic rings. The maximum atomic E-state index is 2.56. The van der Waals surface area contributed by atoms with Crippen molar-refractivity contribution in [1.29, 1.82) is 0 Å². The van der Waals surface area contributed by atoms with Gasteiger partial charge >= 0.3 is 0 Å². The highest BCUT2D eigenvalue weighted by molar-refractivity contribution is 7.22. The molecule has 12 rings (SSSR count). The Morgan fingerprint density at radius 1 is 0.500 bits per heavy atom. The van der Waals surface area contributed by atoms with Crippen molar-refractivity contribution in [1.82, 2.24) is 8.97 Å². The van der Waals surface area contributed by atoms with Gasteiger partial charge in [0, 0.05) is 48.3 Å². The Morgan fingerprint density at radius 3 is 2.08 bits per heavy atom. The van der Waals surface area contributed by atoms with Crippen LogP contribution in [0, 0.1) is 0 Å². The average Bonchev–Trinajstić information content (AvgIpc) is 3.89. The first kappa shape index (κ1) is 27.0. The smallest absolute Gasteiger partial charge is 0.109 e. The molecule has 0 aliphatic heterocycles. The lowest BCUT2D eigenvalue weighted by atomic mass is 9.82. The lowest BCUT2D eigenvalue weighted by Gasteiger charge is -2.21. The number of fused-ring (bicyclic) bond motifs is 12. The van der Waals surface area contributed by atoms with Crippen LogP contribution in [0.15, 0.2) is 146 Å². The van der Waals surface area contributed by atoms with Crippen LogP contribution in [0.25, 0.3) is 97.2 Å². The molecule has 0 spiro atoms. The van der Waals surface area contributed by atoms with Crippen LogP contribution in [-0.2, 0) is 5.41 Å². The molecular weight excluding hydrogens is 625 g/mol. The van der Waals surface area contributed by atoms with E-state index < -0.39 is 0 Å². The van der Waals surface area contributed by atoms with Crippen molar-refractivity contribution >= 4 is 81.3 Å². The summed E-state index contributed by atoms with van der Waals surface area (Å²) < 4.78 is 4.99. The maximum Gasteiger partial charge on any atom is 0.109 e. The zero-order valence-corrected chi connectivity index (χ0v) is 28.5. The zero-order valence-electron chi connectivity index (χ0n) is 27.7. The van der Waals surface area contributed by atoms with Crippen LogP contribution in [0.4, 0.5) is 0 Å². The highest BCUT2D eigenvalue weighted by Gasteiger charge is 2.35. The van der Waals surface area contributed by atoms with Crippen molar-refractivity contribution in [2.45, 2.75) is 19.3 Å². The second-order valence-electron chi connectivity index (χ2n) is 14.5. The minimum atomic E-state index is -0.0302. The van der Waals surface area contributed by atoms with Crippen molar-refractivity contribution in [3.8, 4) is 27.3 Å². The summed E-state index contributed by atoms with van der Waals surface area (Å²) >= 11 is 1.92. The SMILES string of the molecule is CC1(C)c2ccccc2-c2ccc(-c3cc4c5cccc6ccc7c8cc(-n9c%10ccccc%10c%10ccccc%109)ccc8n(c4s3)c7c65)cc21. The van der Waals surface area contributed by atoms with E-state index in [-0.39, 0.29) is 5.41 Å². The first-order valence-electron chi connectivity index (χ1n) is 17.4. The number of rotatable bonds is 2. The Morgan fingerprint density at radius 2 is 1.24 bits per heavy atom. The molecule has 0 bridgehead atoms. The van der Waals surface area contributed by atoms with Crippen LogP contribution in [0.2, 0.25) is 0 Å². The number of aromatic nitrogens is 2. The minimum absolute atomic E-state index is 0.0302. The third kappa shape index (κ3) is 3.24. The number of nitrogens with zero attached hydrogens (tertiary/aromatic N) is 2. The first-order chi connectivity index (χ1) is 24.6. The second-order valence-corrected chi connectivity index (χ2v) is 15.6. The zero-order chi connectivity index (χ0) is 32.9. The van der Waals surface area contributed by atoms with Crippen LogP contribution in [-0.4, -0.2) is 8.97 Å². The Bertz CT molecular complexity index is 3180. The predicted octanol–water partition coefficient (Wildman–Crippen LogP) is 13.1. The van der Waals surface area contributed by atoms with Gasteiger partial charge in [0.05, 0.1) is 22.1 Å². The second kappa shape index (κ2) is 9.20. The fourth-order valence-electron chi connectivity index (χ4n) is 9.38. The van der Waals surface area contributed by atoms with Crippen molar-refractivity contribution in [3.63, 3.8) is 0 Å². The van der Waals surface area contributed by atoms with E-state index >= 15 is 0 Å². The van der Waals surface area contributed by atoms with Gasteiger partial charge in [-0.3, -0.25) is 4.40 Å².